The molecule has 0 bridgehead atoms. The van der Waals surface area contributed by atoms with Gasteiger partial charge in [0.15, 0.2) is 5.78 Å². The first-order valence-corrected chi connectivity index (χ1v) is 9.74. The number of carbonyl (C=O) groups excluding carboxylic acids is 2. The van der Waals surface area contributed by atoms with Gasteiger partial charge in [-0.2, -0.15) is 0 Å². The van der Waals surface area contributed by atoms with Crippen LogP contribution in [0.1, 0.15) is 58.9 Å². The first-order valence-electron chi connectivity index (χ1n) is 9.36. The topological polar surface area (TPSA) is 55.7 Å². The van der Waals surface area contributed by atoms with Crippen LogP contribution in [0.25, 0.3) is 0 Å². The quantitative estimate of drug-likeness (QED) is 0.677. The molecule has 144 valence electrons. The molecule has 1 aromatic rings. The summed E-state index contributed by atoms with van der Waals surface area (Å²) in [7, 11) is 0. The van der Waals surface area contributed by atoms with Crippen LogP contribution in [0.2, 0.25) is 5.02 Å². The number of ether oxygens (including phenoxy) is 1. The molecular formula is C22H26ClNO3. The Labute approximate surface area is 165 Å². The molecule has 1 aliphatic heterocycles. The fourth-order valence-electron chi connectivity index (χ4n) is 4.12. The molecule has 0 radical (unpaired) electrons. The van der Waals surface area contributed by atoms with Crippen LogP contribution in [0, 0.1) is 11.3 Å². The zero-order valence-electron chi connectivity index (χ0n) is 16.5. The zero-order chi connectivity index (χ0) is 19.9. The van der Waals surface area contributed by atoms with Gasteiger partial charge in [0.25, 0.3) is 0 Å². The number of halogens is 1. The first-order chi connectivity index (χ1) is 12.6. The molecule has 5 heteroatoms. The molecule has 0 amide bonds. The van der Waals surface area contributed by atoms with Gasteiger partial charge in [-0.05, 0) is 50.3 Å². The van der Waals surface area contributed by atoms with Gasteiger partial charge in [0.2, 0.25) is 0 Å². The Balaban J connectivity index is 2.16. The Hall–Kier alpha value is -1.94. The second kappa shape index (κ2) is 7.23. The van der Waals surface area contributed by atoms with E-state index in [4.69, 9.17) is 21.3 Å². The van der Waals surface area contributed by atoms with Gasteiger partial charge in [0.1, 0.15) is 5.92 Å². The van der Waals surface area contributed by atoms with E-state index < -0.39 is 11.8 Å². The number of hydrogen-bond donors (Lipinski definition) is 0. The number of aliphatic imine (C=N–C) groups is 1. The van der Waals surface area contributed by atoms with Gasteiger partial charge in [-0.25, -0.2) is 0 Å². The molecule has 0 saturated heterocycles. The predicted octanol–water partition coefficient (Wildman–Crippen LogP) is 5.11. The lowest BCUT2D eigenvalue weighted by Gasteiger charge is -2.39. The van der Waals surface area contributed by atoms with Gasteiger partial charge in [0, 0.05) is 34.3 Å². The lowest BCUT2D eigenvalue weighted by Crippen LogP contribution is -2.40. The summed E-state index contributed by atoms with van der Waals surface area (Å²) in [6.45, 7) is 9.64. The van der Waals surface area contributed by atoms with Crippen LogP contribution in [-0.2, 0) is 14.3 Å². The average Bonchev–Trinajstić information content (AvgIpc) is 2.51. The molecule has 1 heterocycles. The number of esters is 1. The minimum atomic E-state index is -0.616. The fourth-order valence-corrected chi connectivity index (χ4v) is 4.31. The molecule has 4 nitrogen and oxygen atoms in total. The van der Waals surface area contributed by atoms with Crippen molar-refractivity contribution in [3.05, 3.63) is 46.1 Å². The molecule has 27 heavy (non-hydrogen) atoms. The molecule has 0 saturated carbocycles. The maximum absolute atomic E-state index is 13.1. The summed E-state index contributed by atoms with van der Waals surface area (Å²) in [6, 6.07) is 7.39. The van der Waals surface area contributed by atoms with E-state index in [0.29, 0.717) is 29.1 Å². The van der Waals surface area contributed by atoms with Crippen molar-refractivity contribution < 1.29 is 14.3 Å². The molecule has 1 unspecified atom stereocenters. The summed E-state index contributed by atoms with van der Waals surface area (Å²) in [6.07, 6.45) is 0.930. The number of ketones is 1. The van der Waals surface area contributed by atoms with E-state index in [1.807, 2.05) is 39.0 Å². The fraction of sp³-hybridized carbons (Fsp3) is 0.500. The number of allylic oxidation sites excluding steroid dienone is 2. The Kier molecular flexibility index (Phi) is 5.31. The standard InChI is InChI=1S/C22H26ClNO3/c1-12(2)27-21(26)18-13(3)24-16-10-22(4,5)11-17(25)20(16)19(18)14-7-6-8-15(23)9-14/h6-9,12,18-19H,10-11H2,1-5H3/t18?,19-/m1/s1. The van der Waals surface area contributed by atoms with Crippen LogP contribution in [-0.4, -0.2) is 23.6 Å². The minimum Gasteiger partial charge on any atom is -0.462 e. The van der Waals surface area contributed by atoms with Crippen LogP contribution in [0.4, 0.5) is 0 Å². The Morgan fingerprint density at radius 3 is 2.63 bits per heavy atom. The number of rotatable bonds is 3. The summed E-state index contributed by atoms with van der Waals surface area (Å²) >= 11 is 6.22. The summed E-state index contributed by atoms with van der Waals surface area (Å²) in [5, 5.41) is 0.578. The average molecular weight is 388 g/mol. The highest BCUT2D eigenvalue weighted by molar-refractivity contribution is 6.30. The molecule has 2 atom stereocenters. The van der Waals surface area contributed by atoms with Crippen molar-refractivity contribution in [3.63, 3.8) is 0 Å². The third-order valence-corrected chi connectivity index (χ3v) is 5.35. The Morgan fingerprint density at radius 1 is 1.30 bits per heavy atom. The van der Waals surface area contributed by atoms with E-state index in [9.17, 15) is 9.59 Å². The van der Waals surface area contributed by atoms with Crippen molar-refractivity contribution in [2.45, 2.75) is 59.5 Å². The predicted molar refractivity (Wildman–Crippen MR) is 107 cm³/mol. The summed E-state index contributed by atoms with van der Waals surface area (Å²) in [4.78, 5) is 30.7. The van der Waals surface area contributed by atoms with Crippen LogP contribution in [0.5, 0.6) is 0 Å². The third-order valence-electron chi connectivity index (χ3n) is 5.12. The molecule has 1 aromatic carbocycles. The Morgan fingerprint density at radius 2 is 2.00 bits per heavy atom. The van der Waals surface area contributed by atoms with Crippen molar-refractivity contribution in [1.29, 1.82) is 0 Å². The molecule has 0 aromatic heterocycles. The second-order valence-corrected chi connectivity index (χ2v) is 8.99. The van der Waals surface area contributed by atoms with Crippen molar-refractivity contribution >= 4 is 29.1 Å². The van der Waals surface area contributed by atoms with Crippen molar-refractivity contribution in [3.8, 4) is 0 Å². The highest BCUT2D eigenvalue weighted by atomic mass is 35.5. The van der Waals surface area contributed by atoms with Crippen molar-refractivity contribution in [2.24, 2.45) is 16.3 Å². The third kappa shape index (κ3) is 4.01. The van der Waals surface area contributed by atoms with Gasteiger partial charge in [0.05, 0.1) is 6.10 Å². The SMILES string of the molecule is CC1=NC2=C(C(=O)CC(C)(C)C2)[C@H](c2cccc(Cl)c2)C1C(=O)OC(C)C. The summed E-state index contributed by atoms with van der Waals surface area (Å²) < 4.78 is 5.51. The van der Waals surface area contributed by atoms with Crippen LogP contribution in [0.3, 0.4) is 0 Å². The maximum Gasteiger partial charge on any atom is 0.315 e. The number of carbonyl (C=O) groups is 2. The first kappa shape index (κ1) is 19.8. The van der Waals surface area contributed by atoms with Crippen LogP contribution in [0.15, 0.2) is 40.5 Å². The molecular weight excluding hydrogens is 362 g/mol. The smallest absolute Gasteiger partial charge is 0.315 e. The molecule has 0 spiro atoms. The molecule has 0 fully saturated rings. The van der Waals surface area contributed by atoms with E-state index in [-0.39, 0.29) is 23.3 Å². The van der Waals surface area contributed by atoms with Crippen LogP contribution >= 0.6 is 11.6 Å². The van der Waals surface area contributed by atoms with E-state index in [0.717, 1.165) is 11.3 Å². The van der Waals surface area contributed by atoms with E-state index in [2.05, 4.69) is 13.8 Å². The van der Waals surface area contributed by atoms with Gasteiger partial charge < -0.3 is 4.74 Å². The lowest BCUT2D eigenvalue weighted by molar-refractivity contribution is -0.150. The summed E-state index contributed by atoms with van der Waals surface area (Å²) in [5.74, 6) is -1.31. The number of nitrogens with zero attached hydrogens (tertiary/aromatic N) is 1. The number of hydrogen-bond acceptors (Lipinski definition) is 4. The zero-order valence-corrected chi connectivity index (χ0v) is 17.3. The van der Waals surface area contributed by atoms with Gasteiger partial charge >= 0.3 is 5.97 Å². The monoisotopic (exact) mass is 387 g/mol. The lowest BCUT2D eigenvalue weighted by atomic mass is 9.67. The number of Topliss-reactive ketones (excluding diaryl/α,β-unsaturated/α-hetero) is 1. The van der Waals surface area contributed by atoms with Crippen molar-refractivity contribution in [1.82, 2.24) is 0 Å². The maximum atomic E-state index is 13.1. The normalized spacial score (nSPS) is 24.6. The number of benzene rings is 1. The van der Waals surface area contributed by atoms with Gasteiger partial charge in [-0.15, -0.1) is 0 Å². The summed E-state index contributed by atoms with van der Waals surface area (Å²) in [5.41, 5.74) is 2.85. The molecule has 2 aliphatic rings. The van der Waals surface area contributed by atoms with E-state index in [1.54, 1.807) is 6.07 Å². The van der Waals surface area contributed by atoms with E-state index >= 15 is 0 Å². The highest BCUT2D eigenvalue weighted by Crippen LogP contribution is 2.48. The van der Waals surface area contributed by atoms with Gasteiger partial charge in [-0.1, -0.05) is 37.6 Å². The van der Waals surface area contributed by atoms with Crippen molar-refractivity contribution in [2.75, 3.05) is 0 Å². The minimum absolute atomic E-state index is 0.0600. The van der Waals surface area contributed by atoms with Gasteiger partial charge in [-0.3, -0.25) is 14.6 Å². The molecule has 3 rings (SSSR count). The van der Waals surface area contributed by atoms with E-state index in [1.165, 1.54) is 0 Å². The largest absolute Gasteiger partial charge is 0.462 e. The second-order valence-electron chi connectivity index (χ2n) is 8.55. The molecule has 0 N–H and O–H groups in total. The Bertz CT molecular complexity index is 851. The highest BCUT2D eigenvalue weighted by Gasteiger charge is 2.46. The molecule has 1 aliphatic carbocycles. The van der Waals surface area contributed by atoms with Crippen LogP contribution < -0.4 is 0 Å².